The molecule has 0 unspecified atom stereocenters. The molecule has 0 atom stereocenters. The van der Waals surface area contributed by atoms with E-state index in [-0.39, 0.29) is 0 Å². The molecule has 0 saturated carbocycles. The summed E-state index contributed by atoms with van der Waals surface area (Å²) in [6.07, 6.45) is 0. The van der Waals surface area contributed by atoms with Gasteiger partial charge in [-0.1, -0.05) is 6.92 Å². The van der Waals surface area contributed by atoms with Gasteiger partial charge in [-0.3, -0.25) is 0 Å². The minimum absolute atomic E-state index is 0.774. The summed E-state index contributed by atoms with van der Waals surface area (Å²) in [6, 6.07) is 6.03. The Morgan fingerprint density at radius 1 is 1.10 bits per heavy atom. The number of nitrogens with zero attached hydrogens (tertiary/aromatic N) is 2. The average Bonchev–Trinajstić information content (AvgIpc) is 2.46. The molecule has 0 spiro atoms. The van der Waals surface area contributed by atoms with Crippen LogP contribution in [-0.2, 0) is 6.54 Å². The van der Waals surface area contributed by atoms with E-state index in [0.717, 1.165) is 47.2 Å². The summed E-state index contributed by atoms with van der Waals surface area (Å²) >= 11 is 0. The fraction of sp³-hybridized carbons (Fsp3) is 0.412. The highest BCUT2D eigenvalue weighted by molar-refractivity contribution is 5.59. The lowest BCUT2D eigenvalue weighted by Gasteiger charge is -2.12. The Balaban J connectivity index is 2.39. The second-order valence-corrected chi connectivity index (χ2v) is 5.16. The first-order valence-corrected chi connectivity index (χ1v) is 7.26. The Kier molecular flexibility index (Phi) is 4.91. The molecule has 1 N–H and O–H groups in total. The van der Waals surface area contributed by atoms with E-state index in [1.807, 2.05) is 32.9 Å². The third kappa shape index (κ3) is 3.39. The maximum atomic E-state index is 5.30. The first kappa shape index (κ1) is 15.4. The van der Waals surface area contributed by atoms with Crippen molar-refractivity contribution in [3.63, 3.8) is 0 Å². The summed E-state index contributed by atoms with van der Waals surface area (Å²) in [6.45, 7) is 9.97. The zero-order valence-corrected chi connectivity index (χ0v) is 13.4. The van der Waals surface area contributed by atoms with Crippen molar-refractivity contribution in [1.29, 1.82) is 0 Å². The molecule has 0 bridgehead atoms. The summed E-state index contributed by atoms with van der Waals surface area (Å²) in [5.41, 5.74) is 5.37. The van der Waals surface area contributed by atoms with E-state index in [9.17, 15) is 0 Å². The summed E-state index contributed by atoms with van der Waals surface area (Å²) in [5, 5.41) is 3.33. The highest BCUT2D eigenvalue weighted by Crippen LogP contribution is 2.25. The first-order valence-electron chi connectivity index (χ1n) is 7.26. The highest BCUT2D eigenvalue weighted by atomic mass is 16.5. The normalized spacial score (nSPS) is 10.7. The van der Waals surface area contributed by atoms with Crippen LogP contribution in [0.15, 0.2) is 18.2 Å². The largest absolute Gasteiger partial charge is 0.496 e. The molecule has 0 amide bonds. The Hall–Kier alpha value is -1.94. The summed E-state index contributed by atoms with van der Waals surface area (Å²) in [4.78, 5) is 9.32. The quantitative estimate of drug-likeness (QED) is 0.916. The molecule has 0 aliphatic heterocycles. The molecule has 112 valence electrons. The van der Waals surface area contributed by atoms with Crippen LogP contribution in [-0.4, -0.2) is 23.6 Å². The van der Waals surface area contributed by atoms with Crippen LogP contribution in [0.5, 0.6) is 5.75 Å². The van der Waals surface area contributed by atoms with Gasteiger partial charge in [-0.05, 0) is 51.1 Å². The standard InChI is InChI=1S/C17H23N3O/c1-6-18-10-15-12(3)19-17(20-13(15)4)14-7-8-16(21-5)11(2)9-14/h7-9,18H,6,10H2,1-5H3. The summed E-state index contributed by atoms with van der Waals surface area (Å²) in [5.74, 6) is 1.66. The molecule has 21 heavy (non-hydrogen) atoms. The van der Waals surface area contributed by atoms with E-state index in [1.165, 1.54) is 5.56 Å². The molecule has 0 fully saturated rings. The van der Waals surface area contributed by atoms with Crippen molar-refractivity contribution in [2.45, 2.75) is 34.2 Å². The summed E-state index contributed by atoms with van der Waals surface area (Å²) < 4.78 is 5.30. The molecular weight excluding hydrogens is 262 g/mol. The molecule has 1 aromatic heterocycles. The molecule has 2 aromatic rings. The van der Waals surface area contributed by atoms with E-state index in [1.54, 1.807) is 7.11 Å². The Morgan fingerprint density at radius 3 is 2.29 bits per heavy atom. The Bertz CT molecular complexity index is 615. The van der Waals surface area contributed by atoms with Crippen LogP contribution in [0.4, 0.5) is 0 Å². The lowest BCUT2D eigenvalue weighted by molar-refractivity contribution is 0.412. The van der Waals surface area contributed by atoms with Crippen LogP contribution >= 0.6 is 0 Å². The lowest BCUT2D eigenvalue weighted by atomic mass is 10.1. The van der Waals surface area contributed by atoms with Crippen molar-refractivity contribution in [1.82, 2.24) is 15.3 Å². The number of aromatic nitrogens is 2. The van der Waals surface area contributed by atoms with Gasteiger partial charge in [-0.2, -0.15) is 0 Å². The minimum atomic E-state index is 0.774. The molecular formula is C17H23N3O. The topological polar surface area (TPSA) is 47.0 Å². The fourth-order valence-electron chi connectivity index (χ4n) is 2.39. The molecule has 1 heterocycles. The highest BCUT2D eigenvalue weighted by Gasteiger charge is 2.10. The van der Waals surface area contributed by atoms with Crippen molar-refractivity contribution in [2.24, 2.45) is 0 Å². The van der Waals surface area contributed by atoms with Crippen molar-refractivity contribution < 1.29 is 4.74 Å². The third-order valence-corrected chi connectivity index (χ3v) is 3.63. The number of hydrogen-bond acceptors (Lipinski definition) is 4. The maximum Gasteiger partial charge on any atom is 0.159 e. The zero-order valence-electron chi connectivity index (χ0n) is 13.4. The average molecular weight is 285 g/mol. The van der Waals surface area contributed by atoms with Crippen LogP contribution in [0.1, 0.15) is 29.4 Å². The molecule has 0 aliphatic rings. The van der Waals surface area contributed by atoms with Crippen molar-refractivity contribution in [3.8, 4) is 17.1 Å². The number of nitrogens with one attached hydrogen (secondary N) is 1. The second-order valence-electron chi connectivity index (χ2n) is 5.16. The van der Waals surface area contributed by atoms with E-state index < -0.39 is 0 Å². The number of ether oxygens (including phenoxy) is 1. The van der Waals surface area contributed by atoms with Crippen LogP contribution in [0.25, 0.3) is 11.4 Å². The van der Waals surface area contributed by atoms with Crippen LogP contribution < -0.4 is 10.1 Å². The first-order chi connectivity index (χ1) is 10.1. The Morgan fingerprint density at radius 2 is 1.76 bits per heavy atom. The van der Waals surface area contributed by atoms with Gasteiger partial charge in [0.05, 0.1) is 7.11 Å². The van der Waals surface area contributed by atoms with Crippen molar-refractivity contribution >= 4 is 0 Å². The Labute approximate surface area is 126 Å². The van der Waals surface area contributed by atoms with Gasteiger partial charge in [-0.25, -0.2) is 9.97 Å². The monoisotopic (exact) mass is 285 g/mol. The fourth-order valence-corrected chi connectivity index (χ4v) is 2.39. The molecule has 0 saturated heterocycles. The second kappa shape index (κ2) is 6.68. The molecule has 0 radical (unpaired) electrons. The van der Waals surface area contributed by atoms with E-state index in [0.29, 0.717) is 0 Å². The van der Waals surface area contributed by atoms with Gasteiger partial charge in [0.25, 0.3) is 0 Å². The van der Waals surface area contributed by atoms with Gasteiger partial charge in [-0.15, -0.1) is 0 Å². The molecule has 0 aliphatic carbocycles. The van der Waals surface area contributed by atoms with E-state index >= 15 is 0 Å². The van der Waals surface area contributed by atoms with Gasteiger partial charge < -0.3 is 10.1 Å². The van der Waals surface area contributed by atoms with Crippen LogP contribution in [0.2, 0.25) is 0 Å². The number of rotatable bonds is 5. The van der Waals surface area contributed by atoms with Gasteiger partial charge >= 0.3 is 0 Å². The van der Waals surface area contributed by atoms with Crippen molar-refractivity contribution in [2.75, 3.05) is 13.7 Å². The maximum absolute atomic E-state index is 5.30. The van der Waals surface area contributed by atoms with E-state index in [4.69, 9.17) is 4.74 Å². The van der Waals surface area contributed by atoms with Gasteiger partial charge in [0.15, 0.2) is 5.82 Å². The van der Waals surface area contributed by atoms with Gasteiger partial charge in [0, 0.05) is 29.1 Å². The number of methoxy groups -OCH3 is 1. The minimum Gasteiger partial charge on any atom is -0.496 e. The van der Waals surface area contributed by atoms with Crippen LogP contribution in [0, 0.1) is 20.8 Å². The molecule has 4 nitrogen and oxygen atoms in total. The molecule has 1 aromatic carbocycles. The lowest BCUT2D eigenvalue weighted by Crippen LogP contribution is -2.15. The number of aryl methyl sites for hydroxylation is 3. The molecule has 2 rings (SSSR count). The predicted octanol–water partition coefficient (Wildman–Crippen LogP) is 3.19. The zero-order chi connectivity index (χ0) is 15.4. The molecule has 4 heteroatoms. The number of hydrogen-bond donors (Lipinski definition) is 1. The number of benzene rings is 1. The third-order valence-electron chi connectivity index (χ3n) is 3.63. The van der Waals surface area contributed by atoms with Gasteiger partial charge in [0.2, 0.25) is 0 Å². The van der Waals surface area contributed by atoms with E-state index in [2.05, 4.69) is 28.3 Å². The van der Waals surface area contributed by atoms with Crippen LogP contribution in [0.3, 0.4) is 0 Å². The van der Waals surface area contributed by atoms with Crippen molar-refractivity contribution in [3.05, 3.63) is 40.7 Å². The SMILES string of the molecule is CCNCc1c(C)nc(-c2ccc(OC)c(C)c2)nc1C. The summed E-state index contributed by atoms with van der Waals surface area (Å²) in [7, 11) is 1.68. The smallest absolute Gasteiger partial charge is 0.159 e. The van der Waals surface area contributed by atoms with Gasteiger partial charge in [0.1, 0.15) is 5.75 Å². The predicted molar refractivity (Wildman–Crippen MR) is 85.6 cm³/mol.